The SMILES string of the molecule is NCc1ccc(-c2ccc3c4c(cccc24)CC3)cc1. The first kappa shape index (κ1) is 11.7. The molecule has 0 atom stereocenters. The van der Waals surface area contributed by atoms with Gasteiger partial charge in [0.25, 0.3) is 0 Å². The molecule has 0 saturated heterocycles. The van der Waals surface area contributed by atoms with E-state index >= 15 is 0 Å². The zero-order valence-corrected chi connectivity index (χ0v) is 11.4. The van der Waals surface area contributed by atoms with Crippen LogP contribution in [0, 0.1) is 0 Å². The summed E-state index contributed by atoms with van der Waals surface area (Å²) < 4.78 is 0. The number of benzene rings is 3. The molecule has 1 aliphatic rings. The van der Waals surface area contributed by atoms with E-state index in [0.29, 0.717) is 6.54 Å². The van der Waals surface area contributed by atoms with Crippen LogP contribution in [0.1, 0.15) is 16.7 Å². The van der Waals surface area contributed by atoms with Crippen LogP contribution in [-0.2, 0) is 19.4 Å². The molecule has 0 fully saturated rings. The van der Waals surface area contributed by atoms with Gasteiger partial charge in [0.15, 0.2) is 0 Å². The topological polar surface area (TPSA) is 26.0 Å². The Morgan fingerprint density at radius 3 is 2.30 bits per heavy atom. The van der Waals surface area contributed by atoms with Crippen molar-refractivity contribution >= 4 is 10.8 Å². The molecule has 1 nitrogen and oxygen atoms in total. The fraction of sp³-hybridized carbons (Fsp3) is 0.158. The lowest BCUT2D eigenvalue weighted by Crippen LogP contribution is -1.95. The van der Waals surface area contributed by atoms with Crippen molar-refractivity contribution in [3.05, 3.63) is 71.3 Å². The van der Waals surface area contributed by atoms with Gasteiger partial charge in [-0.1, -0.05) is 54.6 Å². The Kier molecular flexibility index (Phi) is 2.61. The summed E-state index contributed by atoms with van der Waals surface area (Å²) in [5, 5.41) is 2.87. The van der Waals surface area contributed by atoms with Gasteiger partial charge in [0.05, 0.1) is 0 Å². The van der Waals surface area contributed by atoms with Gasteiger partial charge in [0.2, 0.25) is 0 Å². The smallest absolute Gasteiger partial charge is 0.0178 e. The zero-order chi connectivity index (χ0) is 13.5. The zero-order valence-electron chi connectivity index (χ0n) is 11.4. The molecule has 0 unspecified atom stereocenters. The normalized spacial score (nSPS) is 13.1. The Morgan fingerprint density at radius 2 is 1.55 bits per heavy atom. The van der Waals surface area contributed by atoms with Gasteiger partial charge < -0.3 is 5.73 Å². The maximum atomic E-state index is 5.68. The van der Waals surface area contributed by atoms with Crippen LogP contribution in [0.15, 0.2) is 54.6 Å². The van der Waals surface area contributed by atoms with Crippen LogP contribution >= 0.6 is 0 Å². The van der Waals surface area contributed by atoms with Crippen molar-refractivity contribution in [3.8, 4) is 11.1 Å². The van der Waals surface area contributed by atoms with E-state index in [4.69, 9.17) is 5.73 Å². The lowest BCUT2D eigenvalue weighted by atomic mass is 9.95. The molecule has 0 aliphatic heterocycles. The number of aryl methyl sites for hydroxylation is 2. The highest BCUT2D eigenvalue weighted by molar-refractivity contribution is 6.01. The predicted octanol–water partition coefficient (Wildman–Crippen LogP) is 4.06. The number of hydrogen-bond acceptors (Lipinski definition) is 1. The van der Waals surface area contributed by atoms with Crippen LogP contribution in [0.3, 0.4) is 0 Å². The maximum absolute atomic E-state index is 5.68. The first-order valence-electron chi connectivity index (χ1n) is 7.19. The fourth-order valence-corrected chi connectivity index (χ4v) is 3.32. The minimum atomic E-state index is 0.601. The molecule has 98 valence electrons. The summed E-state index contributed by atoms with van der Waals surface area (Å²) in [5.41, 5.74) is 12.5. The third-order valence-electron chi connectivity index (χ3n) is 4.38. The average Bonchev–Trinajstić information content (AvgIpc) is 2.93. The molecule has 0 radical (unpaired) electrons. The molecule has 4 rings (SSSR count). The lowest BCUT2D eigenvalue weighted by Gasteiger charge is -2.10. The number of rotatable bonds is 2. The van der Waals surface area contributed by atoms with Crippen molar-refractivity contribution in [3.63, 3.8) is 0 Å². The standard InChI is InChI=1S/C19H17N/c20-12-13-4-6-14(7-5-13)17-11-10-16-9-8-15-2-1-3-18(17)19(15)16/h1-7,10-11H,8-9,12,20H2. The summed E-state index contributed by atoms with van der Waals surface area (Å²) in [6, 6.07) is 19.9. The van der Waals surface area contributed by atoms with Crippen LogP contribution in [0.2, 0.25) is 0 Å². The van der Waals surface area contributed by atoms with Crippen LogP contribution in [0.5, 0.6) is 0 Å². The van der Waals surface area contributed by atoms with Gasteiger partial charge in [-0.2, -0.15) is 0 Å². The van der Waals surface area contributed by atoms with Gasteiger partial charge in [-0.25, -0.2) is 0 Å². The number of nitrogens with two attached hydrogens (primary N) is 1. The lowest BCUT2D eigenvalue weighted by molar-refractivity contribution is 1.02. The van der Waals surface area contributed by atoms with E-state index in [1.165, 1.54) is 51.4 Å². The van der Waals surface area contributed by atoms with Crippen LogP contribution in [0.4, 0.5) is 0 Å². The Hall–Kier alpha value is -2.12. The minimum Gasteiger partial charge on any atom is -0.326 e. The molecule has 1 heteroatoms. The summed E-state index contributed by atoms with van der Waals surface area (Å²) in [6.07, 6.45) is 2.37. The largest absolute Gasteiger partial charge is 0.326 e. The molecule has 0 aromatic heterocycles. The third-order valence-corrected chi connectivity index (χ3v) is 4.38. The van der Waals surface area contributed by atoms with Crippen molar-refractivity contribution in [2.24, 2.45) is 5.73 Å². The van der Waals surface area contributed by atoms with E-state index in [9.17, 15) is 0 Å². The molecule has 0 amide bonds. The molecular weight excluding hydrogens is 242 g/mol. The molecule has 0 spiro atoms. The monoisotopic (exact) mass is 259 g/mol. The van der Waals surface area contributed by atoms with Crippen LogP contribution in [0.25, 0.3) is 21.9 Å². The Morgan fingerprint density at radius 1 is 0.800 bits per heavy atom. The van der Waals surface area contributed by atoms with Crippen molar-refractivity contribution < 1.29 is 0 Å². The van der Waals surface area contributed by atoms with Crippen LogP contribution in [-0.4, -0.2) is 0 Å². The average molecular weight is 259 g/mol. The first-order valence-corrected chi connectivity index (χ1v) is 7.19. The highest BCUT2D eigenvalue weighted by Crippen LogP contribution is 2.36. The second kappa shape index (κ2) is 4.46. The highest BCUT2D eigenvalue weighted by Gasteiger charge is 2.16. The van der Waals surface area contributed by atoms with E-state index in [1.54, 1.807) is 0 Å². The molecule has 3 aromatic carbocycles. The molecule has 0 heterocycles. The molecule has 1 aliphatic carbocycles. The molecule has 0 bridgehead atoms. The number of hydrogen-bond donors (Lipinski definition) is 1. The third kappa shape index (κ3) is 1.67. The van der Waals surface area contributed by atoms with Gasteiger partial charge in [-0.15, -0.1) is 0 Å². The second-order valence-corrected chi connectivity index (χ2v) is 5.51. The molecule has 0 saturated carbocycles. The Balaban J connectivity index is 1.96. The molecule has 3 aromatic rings. The summed E-state index contributed by atoms with van der Waals surface area (Å²) in [4.78, 5) is 0. The second-order valence-electron chi connectivity index (χ2n) is 5.51. The van der Waals surface area contributed by atoms with E-state index < -0.39 is 0 Å². The van der Waals surface area contributed by atoms with E-state index in [1.807, 2.05) is 0 Å². The van der Waals surface area contributed by atoms with Crippen molar-refractivity contribution in [2.45, 2.75) is 19.4 Å². The minimum absolute atomic E-state index is 0.601. The quantitative estimate of drug-likeness (QED) is 0.737. The molecule has 20 heavy (non-hydrogen) atoms. The van der Waals surface area contributed by atoms with E-state index in [2.05, 4.69) is 54.6 Å². The Labute approximate surface area is 119 Å². The van der Waals surface area contributed by atoms with Crippen molar-refractivity contribution in [2.75, 3.05) is 0 Å². The summed E-state index contributed by atoms with van der Waals surface area (Å²) >= 11 is 0. The summed E-state index contributed by atoms with van der Waals surface area (Å²) in [6.45, 7) is 0.601. The first-order chi connectivity index (χ1) is 9.86. The molecule has 2 N–H and O–H groups in total. The van der Waals surface area contributed by atoms with Gasteiger partial charge in [0, 0.05) is 6.54 Å². The van der Waals surface area contributed by atoms with Crippen LogP contribution < -0.4 is 5.73 Å². The van der Waals surface area contributed by atoms with Gasteiger partial charge in [0.1, 0.15) is 0 Å². The van der Waals surface area contributed by atoms with E-state index in [-0.39, 0.29) is 0 Å². The fourth-order valence-electron chi connectivity index (χ4n) is 3.32. The van der Waals surface area contributed by atoms with Gasteiger partial charge >= 0.3 is 0 Å². The maximum Gasteiger partial charge on any atom is 0.0178 e. The van der Waals surface area contributed by atoms with E-state index in [0.717, 1.165) is 0 Å². The highest BCUT2D eigenvalue weighted by atomic mass is 14.5. The summed E-state index contributed by atoms with van der Waals surface area (Å²) in [7, 11) is 0. The van der Waals surface area contributed by atoms with Crippen molar-refractivity contribution in [1.82, 2.24) is 0 Å². The molecular formula is C19H17N. The van der Waals surface area contributed by atoms with Gasteiger partial charge in [-0.3, -0.25) is 0 Å². The van der Waals surface area contributed by atoms with Gasteiger partial charge in [-0.05, 0) is 51.4 Å². The summed E-state index contributed by atoms with van der Waals surface area (Å²) in [5.74, 6) is 0. The van der Waals surface area contributed by atoms with Crippen molar-refractivity contribution in [1.29, 1.82) is 0 Å². The predicted molar refractivity (Wildman–Crippen MR) is 84.7 cm³/mol. The Bertz CT molecular complexity index is 774.